The molecule has 0 saturated carbocycles. The molecular weight excluding hydrogens is 204 g/mol. The maximum absolute atomic E-state index is 12.0. The second-order valence-electron chi connectivity index (χ2n) is 4.00. The van der Waals surface area contributed by atoms with E-state index >= 15 is 0 Å². The summed E-state index contributed by atoms with van der Waals surface area (Å²) >= 11 is 0. The zero-order chi connectivity index (χ0) is 12.3. The lowest BCUT2D eigenvalue weighted by Crippen LogP contribution is -2.33. The average molecular weight is 222 g/mol. The third-order valence-corrected chi connectivity index (χ3v) is 2.51. The first kappa shape index (κ1) is 12.4. The van der Waals surface area contributed by atoms with Crippen molar-refractivity contribution in [2.24, 2.45) is 0 Å². The fraction of sp³-hybridized carbons (Fsp3) is 0.417. The Bertz CT molecular complexity index is 389. The highest BCUT2D eigenvalue weighted by Gasteiger charge is 2.15. The fourth-order valence-corrected chi connectivity index (χ4v) is 1.30. The van der Waals surface area contributed by atoms with Crippen LogP contribution in [0.15, 0.2) is 18.2 Å². The first-order valence-electron chi connectivity index (χ1n) is 5.17. The molecule has 0 unspecified atom stereocenters. The molecule has 0 aliphatic rings. The third-order valence-electron chi connectivity index (χ3n) is 2.51. The zero-order valence-corrected chi connectivity index (χ0v) is 10.2. The van der Waals surface area contributed by atoms with Gasteiger partial charge in [0.25, 0.3) is 5.91 Å². The van der Waals surface area contributed by atoms with E-state index < -0.39 is 0 Å². The second-order valence-corrected chi connectivity index (χ2v) is 4.00. The molecule has 0 aliphatic carbocycles. The molecule has 16 heavy (non-hydrogen) atoms. The SMILES string of the molecule is COc1cc(N)cc(C(=O)N(C)C(C)C)c1. The van der Waals surface area contributed by atoms with Crippen molar-refractivity contribution in [2.75, 3.05) is 19.9 Å². The Hall–Kier alpha value is -1.71. The lowest BCUT2D eigenvalue weighted by Gasteiger charge is -2.21. The highest BCUT2D eigenvalue weighted by Crippen LogP contribution is 2.19. The molecule has 0 aliphatic heterocycles. The first-order chi connectivity index (χ1) is 7.45. The number of hydrogen-bond donors (Lipinski definition) is 1. The van der Waals surface area contributed by atoms with Gasteiger partial charge in [0.05, 0.1) is 7.11 Å². The molecule has 0 spiro atoms. The van der Waals surface area contributed by atoms with Crippen LogP contribution in [-0.2, 0) is 0 Å². The molecule has 4 heteroatoms. The summed E-state index contributed by atoms with van der Waals surface area (Å²) in [6.45, 7) is 3.92. The monoisotopic (exact) mass is 222 g/mol. The lowest BCUT2D eigenvalue weighted by molar-refractivity contribution is 0.0754. The molecule has 0 fully saturated rings. The summed E-state index contributed by atoms with van der Waals surface area (Å²) in [6.07, 6.45) is 0. The normalized spacial score (nSPS) is 10.3. The number of hydrogen-bond acceptors (Lipinski definition) is 3. The minimum Gasteiger partial charge on any atom is -0.497 e. The number of nitrogen functional groups attached to an aromatic ring is 1. The van der Waals surface area contributed by atoms with E-state index in [-0.39, 0.29) is 11.9 Å². The number of rotatable bonds is 3. The van der Waals surface area contributed by atoms with Gasteiger partial charge in [0.1, 0.15) is 5.75 Å². The quantitative estimate of drug-likeness (QED) is 0.793. The number of nitrogens with two attached hydrogens (primary N) is 1. The molecule has 4 nitrogen and oxygen atoms in total. The number of benzene rings is 1. The van der Waals surface area contributed by atoms with Crippen molar-refractivity contribution < 1.29 is 9.53 Å². The number of carbonyl (C=O) groups is 1. The van der Waals surface area contributed by atoms with Gasteiger partial charge >= 0.3 is 0 Å². The smallest absolute Gasteiger partial charge is 0.254 e. The first-order valence-corrected chi connectivity index (χ1v) is 5.17. The van der Waals surface area contributed by atoms with Gasteiger partial charge in [0.2, 0.25) is 0 Å². The molecule has 0 radical (unpaired) electrons. The largest absolute Gasteiger partial charge is 0.497 e. The molecule has 1 amide bonds. The molecule has 1 aromatic carbocycles. The van der Waals surface area contributed by atoms with Crippen LogP contribution in [0.4, 0.5) is 5.69 Å². The van der Waals surface area contributed by atoms with Gasteiger partial charge in [-0.15, -0.1) is 0 Å². The van der Waals surface area contributed by atoms with Crippen LogP contribution in [0.5, 0.6) is 5.75 Å². The highest BCUT2D eigenvalue weighted by molar-refractivity contribution is 5.95. The van der Waals surface area contributed by atoms with Gasteiger partial charge in [-0.3, -0.25) is 4.79 Å². The predicted octanol–water partition coefficient (Wildman–Crippen LogP) is 1.76. The minimum atomic E-state index is -0.0550. The average Bonchev–Trinajstić information content (AvgIpc) is 2.25. The van der Waals surface area contributed by atoms with Crippen molar-refractivity contribution in [1.29, 1.82) is 0 Å². The van der Waals surface area contributed by atoms with Gasteiger partial charge in [0.15, 0.2) is 0 Å². The second kappa shape index (κ2) is 4.88. The van der Waals surface area contributed by atoms with Gasteiger partial charge in [-0.2, -0.15) is 0 Å². The van der Waals surface area contributed by atoms with E-state index in [1.807, 2.05) is 13.8 Å². The third kappa shape index (κ3) is 2.66. The van der Waals surface area contributed by atoms with Gasteiger partial charge in [-0.25, -0.2) is 0 Å². The van der Waals surface area contributed by atoms with Gasteiger partial charge in [-0.1, -0.05) is 0 Å². The number of carbonyl (C=O) groups excluding carboxylic acids is 1. The van der Waals surface area contributed by atoms with Crippen LogP contribution in [0.25, 0.3) is 0 Å². The Morgan fingerprint density at radius 2 is 2.00 bits per heavy atom. The number of amides is 1. The standard InChI is InChI=1S/C12H18N2O2/c1-8(2)14(3)12(15)9-5-10(13)7-11(6-9)16-4/h5-8H,13H2,1-4H3. The van der Waals surface area contributed by atoms with Crippen molar-refractivity contribution in [3.8, 4) is 5.75 Å². The van der Waals surface area contributed by atoms with Crippen molar-refractivity contribution >= 4 is 11.6 Å². The number of nitrogens with zero attached hydrogens (tertiary/aromatic N) is 1. The molecule has 1 rings (SSSR count). The van der Waals surface area contributed by atoms with E-state index in [1.54, 1.807) is 37.3 Å². The highest BCUT2D eigenvalue weighted by atomic mass is 16.5. The molecular formula is C12H18N2O2. The van der Waals surface area contributed by atoms with E-state index in [0.29, 0.717) is 17.0 Å². The Balaban J connectivity index is 3.04. The topological polar surface area (TPSA) is 55.6 Å². The van der Waals surface area contributed by atoms with E-state index in [1.165, 1.54) is 0 Å². The van der Waals surface area contributed by atoms with Gasteiger partial charge in [0, 0.05) is 30.4 Å². The number of methoxy groups -OCH3 is 1. The lowest BCUT2D eigenvalue weighted by atomic mass is 10.1. The predicted molar refractivity (Wildman–Crippen MR) is 64.6 cm³/mol. The van der Waals surface area contributed by atoms with Crippen molar-refractivity contribution in [3.63, 3.8) is 0 Å². The van der Waals surface area contributed by atoms with Crippen molar-refractivity contribution in [3.05, 3.63) is 23.8 Å². The maximum Gasteiger partial charge on any atom is 0.254 e. The van der Waals surface area contributed by atoms with Crippen LogP contribution >= 0.6 is 0 Å². The van der Waals surface area contributed by atoms with Crippen LogP contribution in [0.2, 0.25) is 0 Å². The molecule has 0 bridgehead atoms. The summed E-state index contributed by atoms with van der Waals surface area (Å²) in [7, 11) is 3.32. The summed E-state index contributed by atoms with van der Waals surface area (Å²) < 4.78 is 5.08. The Labute approximate surface area is 96.0 Å². The molecule has 88 valence electrons. The fourth-order valence-electron chi connectivity index (χ4n) is 1.30. The van der Waals surface area contributed by atoms with Crippen LogP contribution in [0, 0.1) is 0 Å². The van der Waals surface area contributed by atoms with Crippen molar-refractivity contribution in [2.45, 2.75) is 19.9 Å². The molecule has 0 atom stereocenters. The van der Waals surface area contributed by atoms with Crippen molar-refractivity contribution in [1.82, 2.24) is 4.90 Å². The molecule has 0 heterocycles. The van der Waals surface area contributed by atoms with E-state index in [4.69, 9.17) is 10.5 Å². The Morgan fingerprint density at radius 3 is 2.50 bits per heavy atom. The molecule has 2 N–H and O–H groups in total. The van der Waals surface area contributed by atoms with E-state index in [9.17, 15) is 4.79 Å². The molecule has 1 aromatic rings. The zero-order valence-electron chi connectivity index (χ0n) is 10.2. The summed E-state index contributed by atoms with van der Waals surface area (Å²) in [6, 6.07) is 5.19. The van der Waals surface area contributed by atoms with Crippen LogP contribution in [0.1, 0.15) is 24.2 Å². The van der Waals surface area contributed by atoms with E-state index in [2.05, 4.69) is 0 Å². The summed E-state index contributed by atoms with van der Waals surface area (Å²) in [5.74, 6) is 0.543. The number of ether oxygens (including phenoxy) is 1. The van der Waals surface area contributed by atoms with Crippen LogP contribution in [-0.4, -0.2) is 31.0 Å². The van der Waals surface area contributed by atoms with Gasteiger partial charge in [-0.05, 0) is 26.0 Å². The summed E-state index contributed by atoms with van der Waals surface area (Å²) in [5.41, 5.74) is 6.78. The molecule has 0 aromatic heterocycles. The van der Waals surface area contributed by atoms with E-state index in [0.717, 1.165) is 0 Å². The van der Waals surface area contributed by atoms with Crippen LogP contribution in [0.3, 0.4) is 0 Å². The van der Waals surface area contributed by atoms with Gasteiger partial charge < -0.3 is 15.4 Å². The summed E-state index contributed by atoms with van der Waals surface area (Å²) in [5, 5.41) is 0. The Morgan fingerprint density at radius 1 is 1.38 bits per heavy atom. The number of anilines is 1. The Kier molecular flexibility index (Phi) is 3.77. The molecule has 0 saturated heterocycles. The minimum absolute atomic E-state index is 0.0550. The summed E-state index contributed by atoms with van der Waals surface area (Å²) in [4.78, 5) is 13.7. The maximum atomic E-state index is 12.0. The van der Waals surface area contributed by atoms with Crippen LogP contribution < -0.4 is 10.5 Å².